The van der Waals surface area contributed by atoms with Crippen LogP contribution < -0.4 is 5.32 Å². The van der Waals surface area contributed by atoms with Crippen molar-refractivity contribution >= 4 is 5.96 Å². The predicted molar refractivity (Wildman–Crippen MR) is 78.1 cm³/mol. The Bertz CT molecular complexity index is 304. The molecule has 20 heavy (non-hydrogen) atoms. The molecule has 0 aromatic carbocycles. The Hall–Kier alpha value is -0.850. The molecule has 0 amide bonds. The van der Waals surface area contributed by atoms with Crippen LogP contribution in [0, 0.1) is 5.92 Å². The van der Waals surface area contributed by atoms with Gasteiger partial charge in [-0.05, 0) is 13.3 Å². The van der Waals surface area contributed by atoms with E-state index in [2.05, 4.69) is 17.1 Å². The van der Waals surface area contributed by atoms with Gasteiger partial charge in [-0.15, -0.1) is 0 Å². The zero-order valence-electron chi connectivity index (χ0n) is 12.6. The highest BCUT2D eigenvalue weighted by Crippen LogP contribution is 2.13. The van der Waals surface area contributed by atoms with E-state index in [-0.39, 0.29) is 6.10 Å². The van der Waals surface area contributed by atoms with Gasteiger partial charge in [0, 0.05) is 45.8 Å². The first-order valence-electron chi connectivity index (χ1n) is 7.55. The summed E-state index contributed by atoms with van der Waals surface area (Å²) in [5, 5.41) is 3.38. The molecule has 2 aliphatic heterocycles. The molecule has 6 nitrogen and oxygen atoms in total. The standard InChI is InChI=1S/C14H27N3O3/c1-3-15-14(16-8-12-4-6-19-10-12)17-5-7-20-13(9-17)11-18-2/h12-13H,3-11H2,1-2H3,(H,15,16). The van der Waals surface area contributed by atoms with Gasteiger partial charge in [-0.25, -0.2) is 0 Å². The van der Waals surface area contributed by atoms with E-state index in [0.717, 1.165) is 58.4 Å². The van der Waals surface area contributed by atoms with E-state index in [1.165, 1.54) is 0 Å². The first-order chi connectivity index (χ1) is 9.83. The van der Waals surface area contributed by atoms with Gasteiger partial charge in [0.1, 0.15) is 0 Å². The number of methoxy groups -OCH3 is 1. The maximum absolute atomic E-state index is 5.69. The van der Waals surface area contributed by atoms with Crippen molar-refractivity contribution in [3.63, 3.8) is 0 Å². The number of morpholine rings is 1. The third-order valence-electron chi connectivity index (χ3n) is 3.65. The van der Waals surface area contributed by atoms with Crippen molar-refractivity contribution < 1.29 is 14.2 Å². The molecule has 0 aromatic heterocycles. The molecule has 2 heterocycles. The third kappa shape index (κ3) is 4.61. The summed E-state index contributed by atoms with van der Waals surface area (Å²) < 4.78 is 16.3. The lowest BCUT2D eigenvalue weighted by molar-refractivity contribution is -0.0447. The second-order valence-corrected chi connectivity index (χ2v) is 5.32. The van der Waals surface area contributed by atoms with Gasteiger partial charge in [0.05, 0.1) is 25.9 Å². The average Bonchev–Trinajstić information content (AvgIpc) is 2.97. The van der Waals surface area contributed by atoms with Crippen LogP contribution in [0.25, 0.3) is 0 Å². The molecule has 0 radical (unpaired) electrons. The Morgan fingerprint density at radius 2 is 2.35 bits per heavy atom. The summed E-state index contributed by atoms with van der Waals surface area (Å²) in [5.74, 6) is 1.56. The first kappa shape index (κ1) is 15.5. The molecule has 2 atom stereocenters. The minimum absolute atomic E-state index is 0.132. The Kier molecular flexibility index (Phi) is 6.56. The maximum Gasteiger partial charge on any atom is 0.194 e. The predicted octanol–water partition coefficient (Wildman–Crippen LogP) is 0.336. The summed E-state index contributed by atoms with van der Waals surface area (Å²) >= 11 is 0. The van der Waals surface area contributed by atoms with Gasteiger partial charge in [0.2, 0.25) is 0 Å². The Morgan fingerprint density at radius 1 is 1.45 bits per heavy atom. The highest BCUT2D eigenvalue weighted by molar-refractivity contribution is 5.80. The van der Waals surface area contributed by atoms with Crippen LogP contribution in [0.4, 0.5) is 0 Å². The number of guanidine groups is 1. The molecule has 2 unspecified atom stereocenters. The topological polar surface area (TPSA) is 55.3 Å². The van der Waals surface area contributed by atoms with Gasteiger partial charge in [-0.3, -0.25) is 4.99 Å². The van der Waals surface area contributed by atoms with Crippen molar-refractivity contribution in [2.75, 3.05) is 59.7 Å². The number of hydrogen-bond donors (Lipinski definition) is 1. The van der Waals surface area contributed by atoms with E-state index >= 15 is 0 Å². The molecular formula is C14H27N3O3. The zero-order chi connectivity index (χ0) is 14.2. The highest BCUT2D eigenvalue weighted by Gasteiger charge is 2.23. The summed E-state index contributed by atoms with van der Waals surface area (Å²) in [5.41, 5.74) is 0. The summed E-state index contributed by atoms with van der Waals surface area (Å²) in [7, 11) is 1.71. The smallest absolute Gasteiger partial charge is 0.194 e. The van der Waals surface area contributed by atoms with Crippen LogP contribution in [0.3, 0.4) is 0 Å². The van der Waals surface area contributed by atoms with Gasteiger partial charge >= 0.3 is 0 Å². The lowest BCUT2D eigenvalue weighted by atomic mass is 10.1. The summed E-state index contributed by atoms with van der Waals surface area (Å²) in [4.78, 5) is 7.04. The van der Waals surface area contributed by atoms with E-state index in [0.29, 0.717) is 12.5 Å². The fourth-order valence-corrected chi connectivity index (χ4v) is 2.57. The molecule has 2 rings (SSSR count). The first-order valence-corrected chi connectivity index (χ1v) is 7.55. The molecule has 0 spiro atoms. The Morgan fingerprint density at radius 3 is 3.05 bits per heavy atom. The van der Waals surface area contributed by atoms with Crippen molar-refractivity contribution in [3.05, 3.63) is 0 Å². The van der Waals surface area contributed by atoms with Crippen molar-refractivity contribution in [1.29, 1.82) is 0 Å². The van der Waals surface area contributed by atoms with E-state index in [1.807, 2.05) is 0 Å². The number of hydrogen-bond acceptors (Lipinski definition) is 4. The fraction of sp³-hybridized carbons (Fsp3) is 0.929. The third-order valence-corrected chi connectivity index (χ3v) is 3.65. The normalized spacial score (nSPS) is 27.9. The number of rotatable bonds is 5. The molecule has 0 aliphatic carbocycles. The van der Waals surface area contributed by atoms with Crippen LogP contribution in [0.5, 0.6) is 0 Å². The number of aliphatic imine (C=N–C) groups is 1. The fourth-order valence-electron chi connectivity index (χ4n) is 2.57. The van der Waals surface area contributed by atoms with Crippen molar-refractivity contribution in [1.82, 2.24) is 10.2 Å². The molecular weight excluding hydrogens is 258 g/mol. The Labute approximate surface area is 121 Å². The SMILES string of the molecule is CCNC(=NCC1CCOC1)N1CCOC(COC)C1. The van der Waals surface area contributed by atoms with Crippen LogP contribution >= 0.6 is 0 Å². The maximum atomic E-state index is 5.69. The molecule has 2 fully saturated rings. The number of nitrogens with zero attached hydrogens (tertiary/aromatic N) is 2. The van der Waals surface area contributed by atoms with E-state index in [1.54, 1.807) is 7.11 Å². The molecule has 0 bridgehead atoms. The average molecular weight is 285 g/mol. The number of ether oxygens (including phenoxy) is 3. The number of nitrogens with one attached hydrogen (secondary N) is 1. The van der Waals surface area contributed by atoms with Crippen LogP contribution in [0.2, 0.25) is 0 Å². The summed E-state index contributed by atoms with van der Waals surface area (Å²) in [6.07, 6.45) is 1.26. The van der Waals surface area contributed by atoms with Gasteiger partial charge < -0.3 is 24.4 Å². The minimum Gasteiger partial charge on any atom is -0.382 e. The largest absolute Gasteiger partial charge is 0.382 e. The van der Waals surface area contributed by atoms with Crippen molar-refractivity contribution in [3.8, 4) is 0 Å². The molecule has 2 saturated heterocycles. The van der Waals surface area contributed by atoms with Gasteiger partial charge in [0.25, 0.3) is 0 Å². The second-order valence-electron chi connectivity index (χ2n) is 5.32. The lowest BCUT2D eigenvalue weighted by Crippen LogP contribution is -2.51. The molecule has 2 aliphatic rings. The quantitative estimate of drug-likeness (QED) is 0.583. The monoisotopic (exact) mass is 285 g/mol. The summed E-state index contributed by atoms with van der Waals surface area (Å²) in [6.45, 7) is 8.62. The van der Waals surface area contributed by atoms with Crippen molar-refractivity contribution in [2.45, 2.75) is 19.4 Å². The lowest BCUT2D eigenvalue weighted by Gasteiger charge is -2.35. The molecule has 116 valence electrons. The summed E-state index contributed by atoms with van der Waals surface area (Å²) in [6, 6.07) is 0. The van der Waals surface area contributed by atoms with Crippen LogP contribution in [-0.2, 0) is 14.2 Å². The minimum atomic E-state index is 0.132. The molecule has 0 saturated carbocycles. The van der Waals surface area contributed by atoms with E-state index in [4.69, 9.17) is 19.2 Å². The Balaban J connectivity index is 1.90. The van der Waals surface area contributed by atoms with Gasteiger partial charge in [-0.1, -0.05) is 0 Å². The van der Waals surface area contributed by atoms with Gasteiger partial charge in [-0.2, -0.15) is 0 Å². The molecule has 0 aromatic rings. The van der Waals surface area contributed by atoms with E-state index < -0.39 is 0 Å². The molecule has 1 N–H and O–H groups in total. The van der Waals surface area contributed by atoms with Crippen molar-refractivity contribution in [2.24, 2.45) is 10.9 Å². The highest BCUT2D eigenvalue weighted by atomic mass is 16.5. The van der Waals surface area contributed by atoms with E-state index in [9.17, 15) is 0 Å². The van der Waals surface area contributed by atoms with Gasteiger partial charge in [0.15, 0.2) is 5.96 Å². The second kappa shape index (κ2) is 8.44. The molecule has 6 heteroatoms. The zero-order valence-corrected chi connectivity index (χ0v) is 12.6. The van der Waals surface area contributed by atoms with Crippen LogP contribution in [0.15, 0.2) is 4.99 Å². The van der Waals surface area contributed by atoms with Crippen LogP contribution in [0.1, 0.15) is 13.3 Å². The van der Waals surface area contributed by atoms with Crippen LogP contribution in [-0.4, -0.2) is 76.7 Å².